The monoisotopic (exact) mass is 308 g/mol. The third-order valence-corrected chi connectivity index (χ3v) is 3.52. The zero-order valence-electron chi connectivity index (χ0n) is 12.5. The van der Waals surface area contributed by atoms with Gasteiger partial charge in [-0.2, -0.15) is 0 Å². The van der Waals surface area contributed by atoms with E-state index in [0.717, 1.165) is 5.56 Å². The van der Waals surface area contributed by atoms with Gasteiger partial charge in [0.05, 0.1) is 17.2 Å². The molecule has 0 spiro atoms. The summed E-state index contributed by atoms with van der Waals surface area (Å²) in [5.41, 5.74) is 1.47. The summed E-state index contributed by atoms with van der Waals surface area (Å²) < 4.78 is 1.46. The van der Waals surface area contributed by atoms with Gasteiger partial charge in [-0.25, -0.2) is 4.98 Å². The highest BCUT2D eigenvalue weighted by Crippen LogP contribution is 2.04. The Labute approximate surface area is 132 Å². The number of hydrogen-bond acceptors (Lipinski definition) is 4. The number of carbonyl (C=O) groups excluding carboxylic acids is 1. The molecule has 0 fully saturated rings. The third-order valence-electron chi connectivity index (χ3n) is 3.52. The number of aromatic nitrogens is 3. The lowest BCUT2D eigenvalue weighted by Crippen LogP contribution is -2.27. The van der Waals surface area contributed by atoms with Gasteiger partial charge >= 0.3 is 0 Å². The molecule has 0 bridgehead atoms. The number of amides is 1. The number of fused-ring (bicyclic) bond motifs is 1. The molecule has 0 aliphatic rings. The first-order valence-corrected chi connectivity index (χ1v) is 7.34. The van der Waals surface area contributed by atoms with E-state index in [0.29, 0.717) is 24.0 Å². The summed E-state index contributed by atoms with van der Waals surface area (Å²) in [5.74, 6) is -0.117. The molecule has 1 aromatic carbocycles. The Morgan fingerprint density at radius 2 is 2.04 bits per heavy atom. The van der Waals surface area contributed by atoms with Gasteiger partial charge in [-0.3, -0.25) is 19.1 Å². The molecule has 0 radical (unpaired) electrons. The molecular weight excluding hydrogens is 292 g/mol. The van der Waals surface area contributed by atoms with Crippen molar-refractivity contribution in [1.82, 2.24) is 19.9 Å². The molecule has 0 unspecified atom stereocenters. The maximum absolute atomic E-state index is 12.3. The van der Waals surface area contributed by atoms with Gasteiger partial charge in [0.25, 0.3) is 5.56 Å². The van der Waals surface area contributed by atoms with E-state index in [4.69, 9.17) is 0 Å². The number of rotatable bonds is 5. The number of nitrogens with one attached hydrogen (secondary N) is 1. The lowest BCUT2D eigenvalue weighted by atomic mass is 10.2. The average molecular weight is 308 g/mol. The number of pyridine rings is 1. The van der Waals surface area contributed by atoms with Crippen molar-refractivity contribution in [3.63, 3.8) is 0 Å². The van der Waals surface area contributed by atoms with Crippen LogP contribution in [-0.4, -0.2) is 20.4 Å². The molecule has 0 aliphatic carbocycles. The highest BCUT2D eigenvalue weighted by Gasteiger charge is 2.06. The van der Waals surface area contributed by atoms with E-state index in [9.17, 15) is 9.59 Å². The van der Waals surface area contributed by atoms with Crippen LogP contribution in [0.25, 0.3) is 10.9 Å². The van der Waals surface area contributed by atoms with Crippen LogP contribution < -0.4 is 10.9 Å². The molecule has 2 heterocycles. The van der Waals surface area contributed by atoms with Gasteiger partial charge in [0, 0.05) is 31.9 Å². The van der Waals surface area contributed by atoms with E-state index in [2.05, 4.69) is 15.3 Å². The normalized spacial score (nSPS) is 10.6. The molecule has 23 heavy (non-hydrogen) atoms. The van der Waals surface area contributed by atoms with Crippen molar-refractivity contribution in [3.05, 3.63) is 71.0 Å². The predicted octanol–water partition coefficient (Wildman–Crippen LogP) is 1.50. The van der Waals surface area contributed by atoms with Crippen molar-refractivity contribution in [2.45, 2.75) is 19.5 Å². The van der Waals surface area contributed by atoms with Crippen molar-refractivity contribution < 1.29 is 4.79 Å². The van der Waals surface area contributed by atoms with E-state index < -0.39 is 0 Å². The Bertz CT molecular complexity index is 874. The van der Waals surface area contributed by atoms with Crippen LogP contribution in [0.4, 0.5) is 0 Å². The summed E-state index contributed by atoms with van der Waals surface area (Å²) in [6.07, 6.45) is 5.10. The molecule has 6 nitrogen and oxygen atoms in total. The first-order chi connectivity index (χ1) is 11.2. The minimum Gasteiger partial charge on any atom is -0.352 e. The zero-order valence-corrected chi connectivity index (χ0v) is 12.5. The van der Waals surface area contributed by atoms with Crippen molar-refractivity contribution in [2.24, 2.45) is 0 Å². The molecule has 1 N–H and O–H groups in total. The van der Waals surface area contributed by atoms with Crippen molar-refractivity contribution in [1.29, 1.82) is 0 Å². The Balaban J connectivity index is 1.61. The molecule has 0 saturated heterocycles. The second kappa shape index (κ2) is 6.83. The average Bonchev–Trinajstić information content (AvgIpc) is 2.60. The van der Waals surface area contributed by atoms with Crippen LogP contribution in [0.5, 0.6) is 0 Å². The van der Waals surface area contributed by atoms with Crippen LogP contribution in [0.15, 0.2) is 59.9 Å². The minimum atomic E-state index is -0.129. The Morgan fingerprint density at radius 1 is 1.17 bits per heavy atom. The Kier molecular flexibility index (Phi) is 4.42. The molecule has 6 heteroatoms. The SMILES string of the molecule is O=C(CCn1cnc2ccccc2c1=O)NCc1cccnc1. The fourth-order valence-corrected chi connectivity index (χ4v) is 2.28. The lowest BCUT2D eigenvalue weighted by Gasteiger charge is -2.07. The first-order valence-electron chi connectivity index (χ1n) is 7.34. The van der Waals surface area contributed by atoms with Crippen molar-refractivity contribution in [3.8, 4) is 0 Å². The molecule has 0 aliphatic heterocycles. The molecule has 3 aromatic rings. The van der Waals surface area contributed by atoms with E-state index in [1.165, 1.54) is 10.9 Å². The Morgan fingerprint density at radius 3 is 2.87 bits per heavy atom. The summed E-state index contributed by atoms with van der Waals surface area (Å²) in [6, 6.07) is 10.9. The number of aryl methyl sites for hydroxylation is 1. The molecule has 2 aromatic heterocycles. The van der Waals surface area contributed by atoms with Gasteiger partial charge in [-0.05, 0) is 23.8 Å². The highest BCUT2D eigenvalue weighted by atomic mass is 16.1. The summed E-state index contributed by atoms with van der Waals surface area (Å²) in [5, 5.41) is 3.37. The first kappa shape index (κ1) is 14.9. The fraction of sp³-hybridized carbons (Fsp3) is 0.176. The van der Waals surface area contributed by atoms with Crippen LogP contribution in [0.1, 0.15) is 12.0 Å². The molecule has 116 valence electrons. The number of nitrogens with zero attached hydrogens (tertiary/aromatic N) is 3. The van der Waals surface area contributed by atoms with E-state index >= 15 is 0 Å². The summed E-state index contributed by atoms with van der Waals surface area (Å²) in [6.45, 7) is 0.729. The van der Waals surface area contributed by atoms with Crippen LogP contribution in [-0.2, 0) is 17.9 Å². The molecule has 1 amide bonds. The van der Waals surface area contributed by atoms with Gasteiger partial charge in [0.1, 0.15) is 0 Å². The number of hydrogen-bond donors (Lipinski definition) is 1. The summed E-state index contributed by atoms with van der Waals surface area (Å²) in [4.78, 5) is 32.4. The maximum Gasteiger partial charge on any atom is 0.261 e. The third kappa shape index (κ3) is 3.60. The summed E-state index contributed by atoms with van der Waals surface area (Å²) in [7, 11) is 0. The minimum absolute atomic E-state index is 0.117. The maximum atomic E-state index is 12.3. The van der Waals surface area contributed by atoms with Crippen LogP contribution in [0, 0.1) is 0 Å². The Hall–Kier alpha value is -3.02. The van der Waals surface area contributed by atoms with Gasteiger partial charge in [0.15, 0.2) is 0 Å². The van der Waals surface area contributed by atoms with E-state index in [-0.39, 0.29) is 17.9 Å². The molecule has 3 rings (SSSR count). The number of benzene rings is 1. The largest absolute Gasteiger partial charge is 0.352 e. The van der Waals surface area contributed by atoms with Crippen LogP contribution in [0.3, 0.4) is 0 Å². The van der Waals surface area contributed by atoms with Crippen LogP contribution in [0.2, 0.25) is 0 Å². The predicted molar refractivity (Wildman–Crippen MR) is 86.7 cm³/mol. The van der Waals surface area contributed by atoms with E-state index in [1.807, 2.05) is 18.2 Å². The highest BCUT2D eigenvalue weighted by molar-refractivity contribution is 5.77. The van der Waals surface area contributed by atoms with E-state index in [1.54, 1.807) is 30.6 Å². The standard InChI is InChI=1S/C17H16N4O2/c22-16(19-11-13-4-3-8-18-10-13)7-9-21-12-20-15-6-2-1-5-14(15)17(21)23/h1-6,8,10,12H,7,9,11H2,(H,19,22). The second-order valence-corrected chi connectivity index (χ2v) is 5.15. The smallest absolute Gasteiger partial charge is 0.261 e. The van der Waals surface area contributed by atoms with Gasteiger partial charge in [-0.1, -0.05) is 18.2 Å². The van der Waals surface area contributed by atoms with Gasteiger partial charge in [0.2, 0.25) is 5.91 Å². The molecule has 0 saturated carbocycles. The quantitative estimate of drug-likeness (QED) is 0.775. The van der Waals surface area contributed by atoms with Gasteiger partial charge < -0.3 is 5.32 Å². The second-order valence-electron chi connectivity index (χ2n) is 5.15. The number of para-hydroxylation sites is 1. The fourth-order valence-electron chi connectivity index (χ4n) is 2.28. The van der Waals surface area contributed by atoms with Crippen molar-refractivity contribution >= 4 is 16.8 Å². The zero-order chi connectivity index (χ0) is 16.1. The number of carbonyl (C=O) groups is 1. The molecular formula is C17H16N4O2. The van der Waals surface area contributed by atoms with Crippen molar-refractivity contribution in [2.75, 3.05) is 0 Å². The van der Waals surface area contributed by atoms with Gasteiger partial charge in [-0.15, -0.1) is 0 Å². The topological polar surface area (TPSA) is 76.9 Å². The van der Waals surface area contributed by atoms with Crippen LogP contribution >= 0.6 is 0 Å². The summed E-state index contributed by atoms with van der Waals surface area (Å²) >= 11 is 0. The molecule has 0 atom stereocenters. The lowest BCUT2D eigenvalue weighted by molar-refractivity contribution is -0.121.